The molecule has 0 saturated heterocycles. The van der Waals surface area contributed by atoms with Crippen LogP contribution in [0.1, 0.15) is 27.2 Å². The summed E-state index contributed by atoms with van der Waals surface area (Å²) in [6, 6.07) is 1.53. The molecule has 0 bridgehead atoms. The molecule has 0 spiro atoms. The van der Waals surface area contributed by atoms with E-state index in [1.165, 1.54) is 6.07 Å². The zero-order valence-corrected chi connectivity index (χ0v) is 12.9. The first kappa shape index (κ1) is 15.8. The lowest BCUT2D eigenvalue weighted by Gasteiger charge is -2.26. The minimum atomic E-state index is -0.828. The second-order valence-electron chi connectivity index (χ2n) is 5.04. The van der Waals surface area contributed by atoms with E-state index in [9.17, 15) is 5.11 Å². The number of pyridine rings is 1. The Hall–Kier alpha value is -0.220. The molecule has 2 N–H and O–H groups in total. The second kappa shape index (κ2) is 6.29. The molecule has 0 aliphatic carbocycles. The van der Waals surface area contributed by atoms with E-state index in [1.54, 1.807) is 6.92 Å². The van der Waals surface area contributed by atoms with Gasteiger partial charge in [0, 0.05) is 6.54 Å². The maximum Gasteiger partial charge on any atom is 0.150 e. The molecular weight excluding hydrogens is 295 g/mol. The topological polar surface area (TPSA) is 45.1 Å². The van der Waals surface area contributed by atoms with Crippen LogP contribution in [0.15, 0.2) is 6.07 Å². The fourth-order valence-corrected chi connectivity index (χ4v) is 2.36. The number of nitrogens with one attached hydrogen (secondary N) is 1. The van der Waals surface area contributed by atoms with Gasteiger partial charge in [-0.05, 0) is 25.3 Å². The third kappa shape index (κ3) is 4.81. The molecule has 1 rings (SSSR count). The van der Waals surface area contributed by atoms with E-state index < -0.39 is 5.60 Å². The lowest BCUT2D eigenvalue weighted by molar-refractivity contribution is 0.0515. The average Bonchev–Trinajstić information content (AvgIpc) is 2.19. The zero-order valence-electron chi connectivity index (χ0n) is 10.6. The van der Waals surface area contributed by atoms with Gasteiger partial charge in [-0.15, -0.1) is 0 Å². The van der Waals surface area contributed by atoms with Gasteiger partial charge >= 0.3 is 0 Å². The van der Waals surface area contributed by atoms with Crippen molar-refractivity contribution in [1.29, 1.82) is 0 Å². The average molecular weight is 312 g/mol. The van der Waals surface area contributed by atoms with Crippen molar-refractivity contribution in [3.63, 3.8) is 0 Å². The molecule has 0 aromatic carbocycles. The van der Waals surface area contributed by atoms with Gasteiger partial charge in [-0.1, -0.05) is 48.7 Å². The number of halogens is 3. The van der Waals surface area contributed by atoms with E-state index in [1.807, 2.05) is 0 Å². The summed E-state index contributed by atoms with van der Waals surface area (Å²) in [6.45, 7) is 6.22. The summed E-state index contributed by atoms with van der Waals surface area (Å²) in [5.74, 6) is 0.828. The monoisotopic (exact) mass is 310 g/mol. The van der Waals surface area contributed by atoms with Gasteiger partial charge in [0.25, 0.3) is 0 Å². The Labute approximate surface area is 122 Å². The first-order valence-corrected chi connectivity index (χ1v) is 6.82. The van der Waals surface area contributed by atoms with Crippen LogP contribution in [0.25, 0.3) is 0 Å². The highest BCUT2D eigenvalue weighted by atomic mass is 35.5. The summed E-state index contributed by atoms with van der Waals surface area (Å²) in [7, 11) is 0. The fourth-order valence-electron chi connectivity index (χ4n) is 1.79. The van der Waals surface area contributed by atoms with Crippen molar-refractivity contribution >= 4 is 40.6 Å². The number of hydrogen-bond acceptors (Lipinski definition) is 3. The molecule has 3 nitrogen and oxygen atoms in total. The third-order valence-electron chi connectivity index (χ3n) is 2.37. The Balaban J connectivity index is 2.72. The van der Waals surface area contributed by atoms with E-state index in [0.29, 0.717) is 34.7 Å². The zero-order chi connectivity index (χ0) is 13.9. The fraction of sp³-hybridized carbons (Fsp3) is 0.583. The minimum absolute atomic E-state index is 0.187. The van der Waals surface area contributed by atoms with Crippen molar-refractivity contribution in [2.75, 3.05) is 11.9 Å². The number of anilines is 1. The molecule has 0 amide bonds. The molecule has 1 aromatic heterocycles. The third-order valence-corrected chi connectivity index (χ3v) is 3.33. The van der Waals surface area contributed by atoms with Gasteiger partial charge < -0.3 is 10.4 Å². The van der Waals surface area contributed by atoms with Gasteiger partial charge in [0.2, 0.25) is 0 Å². The number of nitrogens with zero attached hydrogens (tertiary/aromatic N) is 1. The van der Waals surface area contributed by atoms with E-state index in [2.05, 4.69) is 24.1 Å². The second-order valence-corrected chi connectivity index (χ2v) is 6.21. The molecule has 18 heavy (non-hydrogen) atoms. The van der Waals surface area contributed by atoms with Crippen molar-refractivity contribution in [1.82, 2.24) is 4.98 Å². The Morgan fingerprint density at radius 2 is 1.94 bits per heavy atom. The minimum Gasteiger partial charge on any atom is -0.388 e. The summed E-state index contributed by atoms with van der Waals surface area (Å²) < 4.78 is 0. The van der Waals surface area contributed by atoms with Crippen LogP contribution >= 0.6 is 34.8 Å². The van der Waals surface area contributed by atoms with Gasteiger partial charge in [-0.3, -0.25) is 0 Å². The maximum absolute atomic E-state index is 10.2. The van der Waals surface area contributed by atoms with Gasteiger partial charge in [0.05, 0.1) is 15.6 Å². The normalized spacial score (nSPS) is 14.7. The first-order valence-electron chi connectivity index (χ1n) is 5.69. The van der Waals surface area contributed by atoms with Crippen LogP contribution in [-0.2, 0) is 0 Å². The molecule has 1 aromatic rings. The predicted octanol–water partition coefficient (Wildman–Crippen LogP) is 4.25. The Morgan fingerprint density at radius 3 is 2.50 bits per heavy atom. The van der Waals surface area contributed by atoms with Crippen LogP contribution in [0.2, 0.25) is 15.2 Å². The lowest BCUT2D eigenvalue weighted by Crippen LogP contribution is -2.35. The van der Waals surface area contributed by atoms with Crippen molar-refractivity contribution < 1.29 is 5.11 Å². The molecule has 0 aliphatic heterocycles. The van der Waals surface area contributed by atoms with Gasteiger partial charge in [0.15, 0.2) is 0 Å². The van der Waals surface area contributed by atoms with Crippen LogP contribution < -0.4 is 5.32 Å². The largest absolute Gasteiger partial charge is 0.388 e. The quantitative estimate of drug-likeness (QED) is 0.799. The smallest absolute Gasteiger partial charge is 0.150 e. The van der Waals surface area contributed by atoms with Crippen LogP contribution in [0, 0.1) is 5.92 Å². The van der Waals surface area contributed by atoms with Crippen molar-refractivity contribution in [2.45, 2.75) is 32.8 Å². The number of aromatic nitrogens is 1. The van der Waals surface area contributed by atoms with Crippen LogP contribution in [0.4, 0.5) is 5.82 Å². The molecule has 1 heterocycles. The summed E-state index contributed by atoms with van der Waals surface area (Å²) >= 11 is 17.6. The van der Waals surface area contributed by atoms with Gasteiger partial charge in [-0.25, -0.2) is 4.98 Å². The van der Waals surface area contributed by atoms with E-state index in [4.69, 9.17) is 34.8 Å². The molecule has 0 radical (unpaired) electrons. The molecule has 0 fully saturated rings. The summed E-state index contributed by atoms with van der Waals surface area (Å²) in [5, 5.41) is 14.0. The Bertz CT molecular complexity index is 422. The number of hydrogen-bond donors (Lipinski definition) is 2. The van der Waals surface area contributed by atoms with Crippen LogP contribution in [-0.4, -0.2) is 22.2 Å². The molecule has 1 unspecified atom stereocenters. The molecule has 6 heteroatoms. The van der Waals surface area contributed by atoms with Crippen molar-refractivity contribution in [2.24, 2.45) is 5.92 Å². The summed E-state index contributed by atoms with van der Waals surface area (Å²) in [6.07, 6.45) is 0.680. The summed E-state index contributed by atoms with van der Waals surface area (Å²) in [5.41, 5.74) is -0.828. The van der Waals surface area contributed by atoms with Crippen molar-refractivity contribution in [3.05, 3.63) is 21.3 Å². The lowest BCUT2D eigenvalue weighted by atomic mass is 9.94. The molecular formula is C12H17Cl3N2O. The van der Waals surface area contributed by atoms with Crippen molar-refractivity contribution in [3.8, 4) is 0 Å². The molecule has 0 saturated carbocycles. The SMILES string of the molecule is CC(C)CC(C)(O)CNc1nc(Cl)c(Cl)cc1Cl. The Kier molecular flexibility index (Phi) is 5.53. The molecule has 0 aliphatic rings. The number of rotatable bonds is 5. The number of aliphatic hydroxyl groups is 1. The highest BCUT2D eigenvalue weighted by Crippen LogP contribution is 2.29. The van der Waals surface area contributed by atoms with Crippen LogP contribution in [0.3, 0.4) is 0 Å². The van der Waals surface area contributed by atoms with Gasteiger partial charge in [0.1, 0.15) is 11.0 Å². The molecule has 1 atom stereocenters. The molecule has 102 valence electrons. The van der Waals surface area contributed by atoms with Crippen LogP contribution in [0.5, 0.6) is 0 Å². The van der Waals surface area contributed by atoms with Gasteiger partial charge in [-0.2, -0.15) is 0 Å². The highest BCUT2D eigenvalue weighted by molar-refractivity contribution is 6.42. The standard InChI is InChI=1S/C12H17Cl3N2O/c1-7(2)5-12(3,18)6-16-11-9(14)4-8(13)10(15)17-11/h4,7,18H,5-6H2,1-3H3,(H,16,17). The summed E-state index contributed by atoms with van der Waals surface area (Å²) in [4.78, 5) is 4.03. The maximum atomic E-state index is 10.2. The first-order chi connectivity index (χ1) is 8.21. The van der Waals surface area contributed by atoms with E-state index in [-0.39, 0.29) is 5.15 Å². The predicted molar refractivity (Wildman–Crippen MR) is 77.8 cm³/mol. The Morgan fingerprint density at radius 1 is 1.33 bits per heavy atom. The van der Waals surface area contributed by atoms with E-state index >= 15 is 0 Å². The van der Waals surface area contributed by atoms with E-state index in [0.717, 1.165) is 0 Å². The highest BCUT2D eigenvalue weighted by Gasteiger charge is 2.22.